The van der Waals surface area contributed by atoms with E-state index in [4.69, 9.17) is 21.6 Å². The quantitative estimate of drug-likeness (QED) is 0.847. The summed E-state index contributed by atoms with van der Waals surface area (Å²) in [7, 11) is 1.63. The summed E-state index contributed by atoms with van der Waals surface area (Å²) in [6.07, 6.45) is 5.43. The van der Waals surface area contributed by atoms with Gasteiger partial charge in [-0.15, -0.1) is 6.42 Å². The summed E-state index contributed by atoms with van der Waals surface area (Å²) in [5, 5.41) is 0. The first-order valence-corrected chi connectivity index (χ1v) is 6.33. The van der Waals surface area contributed by atoms with E-state index in [1.54, 1.807) is 7.11 Å². The second-order valence-electron chi connectivity index (χ2n) is 4.30. The number of nitrogens with two attached hydrogens (primary N) is 1. The van der Waals surface area contributed by atoms with Crippen molar-refractivity contribution in [3.05, 3.63) is 59.7 Å². The standard InChI is InChI=1S/C17H17NO2/c1-3-13-8-4-6-10-16(13)20-12-15(18)14-9-5-7-11-17(14)19-2/h1,4-11,15H,12,18H2,2H3. The monoisotopic (exact) mass is 267 g/mol. The summed E-state index contributed by atoms with van der Waals surface area (Å²) < 4.78 is 11.0. The molecule has 0 heterocycles. The second kappa shape index (κ2) is 6.65. The molecule has 0 saturated heterocycles. The Balaban J connectivity index is 2.09. The third kappa shape index (κ3) is 3.11. The van der Waals surface area contributed by atoms with E-state index in [0.29, 0.717) is 12.4 Å². The molecule has 0 saturated carbocycles. The minimum atomic E-state index is -0.281. The largest absolute Gasteiger partial charge is 0.496 e. The van der Waals surface area contributed by atoms with Crippen LogP contribution in [0.5, 0.6) is 11.5 Å². The molecule has 102 valence electrons. The second-order valence-corrected chi connectivity index (χ2v) is 4.30. The highest BCUT2D eigenvalue weighted by atomic mass is 16.5. The minimum Gasteiger partial charge on any atom is -0.496 e. The molecule has 1 unspecified atom stereocenters. The van der Waals surface area contributed by atoms with E-state index in [9.17, 15) is 0 Å². The number of benzene rings is 2. The molecule has 3 heteroatoms. The van der Waals surface area contributed by atoms with Crippen LogP contribution >= 0.6 is 0 Å². The normalized spacial score (nSPS) is 11.4. The molecule has 0 amide bonds. The van der Waals surface area contributed by atoms with E-state index < -0.39 is 0 Å². The third-order valence-corrected chi connectivity index (χ3v) is 3.00. The van der Waals surface area contributed by atoms with Gasteiger partial charge in [0.05, 0.1) is 18.7 Å². The SMILES string of the molecule is C#Cc1ccccc1OCC(N)c1ccccc1OC. The zero-order valence-corrected chi connectivity index (χ0v) is 11.4. The Morgan fingerprint density at radius 1 is 1.10 bits per heavy atom. The van der Waals surface area contributed by atoms with Crippen molar-refractivity contribution in [2.24, 2.45) is 5.73 Å². The Kier molecular flexibility index (Phi) is 4.65. The molecule has 0 radical (unpaired) electrons. The van der Waals surface area contributed by atoms with E-state index in [-0.39, 0.29) is 6.04 Å². The number of methoxy groups -OCH3 is 1. The smallest absolute Gasteiger partial charge is 0.135 e. The summed E-state index contributed by atoms with van der Waals surface area (Å²) in [6, 6.07) is 14.8. The van der Waals surface area contributed by atoms with Crippen LogP contribution in [-0.2, 0) is 0 Å². The van der Waals surface area contributed by atoms with Crippen LogP contribution < -0.4 is 15.2 Å². The van der Waals surface area contributed by atoms with Crippen LogP contribution in [0.25, 0.3) is 0 Å². The van der Waals surface area contributed by atoms with Gasteiger partial charge in [-0.1, -0.05) is 36.3 Å². The molecule has 0 aliphatic rings. The van der Waals surface area contributed by atoms with Gasteiger partial charge < -0.3 is 15.2 Å². The first-order valence-electron chi connectivity index (χ1n) is 6.33. The van der Waals surface area contributed by atoms with Crippen molar-refractivity contribution < 1.29 is 9.47 Å². The molecule has 3 nitrogen and oxygen atoms in total. The Morgan fingerprint density at radius 3 is 2.45 bits per heavy atom. The molecule has 0 aromatic heterocycles. The van der Waals surface area contributed by atoms with Gasteiger partial charge in [-0.2, -0.15) is 0 Å². The predicted molar refractivity (Wildman–Crippen MR) is 79.8 cm³/mol. The third-order valence-electron chi connectivity index (χ3n) is 3.00. The highest BCUT2D eigenvalue weighted by molar-refractivity contribution is 5.44. The molecular formula is C17H17NO2. The predicted octanol–water partition coefficient (Wildman–Crippen LogP) is 2.76. The zero-order valence-electron chi connectivity index (χ0n) is 11.4. The molecular weight excluding hydrogens is 250 g/mol. The first kappa shape index (κ1) is 14.0. The van der Waals surface area contributed by atoms with Gasteiger partial charge in [-0.3, -0.25) is 0 Å². The van der Waals surface area contributed by atoms with Gasteiger partial charge in [0.15, 0.2) is 0 Å². The fourth-order valence-electron chi connectivity index (χ4n) is 1.95. The number of para-hydroxylation sites is 2. The molecule has 2 aromatic carbocycles. The Hall–Kier alpha value is -2.44. The van der Waals surface area contributed by atoms with E-state index in [2.05, 4.69) is 5.92 Å². The van der Waals surface area contributed by atoms with Gasteiger partial charge in [0, 0.05) is 5.56 Å². The van der Waals surface area contributed by atoms with Crippen molar-refractivity contribution in [1.82, 2.24) is 0 Å². The maximum Gasteiger partial charge on any atom is 0.135 e. The summed E-state index contributed by atoms with van der Waals surface area (Å²) in [4.78, 5) is 0. The van der Waals surface area contributed by atoms with Crippen molar-refractivity contribution in [3.63, 3.8) is 0 Å². The topological polar surface area (TPSA) is 44.5 Å². The van der Waals surface area contributed by atoms with Crippen LogP contribution in [-0.4, -0.2) is 13.7 Å². The van der Waals surface area contributed by atoms with Crippen molar-refractivity contribution in [2.75, 3.05) is 13.7 Å². The van der Waals surface area contributed by atoms with Gasteiger partial charge in [-0.05, 0) is 18.2 Å². The summed E-state index contributed by atoms with van der Waals surface area (Å²) >= 11 is 0. The van der Waals surface area contributed by atoms with Gasteiger partial charge in [0.2, 0.25) is 0 Å². The number of rotatable bonds is 5. The van der Waals surface area contributed by atoms with Gasteiger partial charge in [-0.25, -0.2) is 0 Å². The summed E-state index contributed by atoms with van der Waals surface area (Å²) in [6.45, 7) is 0.332. The summed E-state index contributed by atoms with van der Waals surface area (Å²) in [5.41, 5.74) is 7.79. The number of ether oxygens (including phenoxy) is 2. The highest BCUT2D eigenvalue weighted by Crippen LogP contribution is 2.24. The van der Waals surface area contributed by atoms with Crippen LogP contribution in [0.15, 0.2) is 48.5 Å². The molecule has 2 aromatic rings. The lowest BCUT2D eigenvalue weighted by Crippen LogP contribution is -2.20. The number of terminal acetylenes is 1. The van der Waals surface area contributed by atoms with E-state index in [1.807, 2.05) is 48.5 Å². The fourth-order valence-corrected chi connectivity index (χ4v) is 1.95. The zero-order chi connectivity index (χ0) is 14.4. The Morgan fingerprint density at radius 2 is 1.75 bits per heavy atom. The molecule has 0 aliphatic carbocycles. The van der Waals surface area contributed by atoms with Gasteiger partial charge in [0.25, 0.3) is 0 Å². The highest BCUT2D eigenvalue weighted by Gasteiger charge is 2.12. The van der Waals surface area contributed by atoms with Gasteiger partial charge >= 0.3 is 0 Å². The van der Waals surface area contributed by atoms with Crippen molar-refractivity contribution >= 4 is 0 Å². The molecule has 20 heavy (non-hydrogen) atoms. The summed E-state index contributed by atoms with van der Waals surface area (Å²) in [5.74, 6) is 4.02. The molecule has 1 atom stereocenters. The molecule has 0 spiro atoms. The van der Waals surface area contributed by atoms with Crippen molar-refractivity contribution in [1.29, 1.82) is 0 Å². The first-order chi connectivity index (χ1) is 9.76. The molecule has 2 rings (SSSR count). The van der Waals surface area contributed by atoms with Gasteiger partial charge in [0.1, 0.15) is 18.1 Å². The molecule has 0 fully saturated rings. The van der Waals surface area contributed by atoms with Crippen LogP contribution in [0, 0.1) is 12.3 Å². The minimum absolute atomic E-state index is 0.281. The van der Waals surface area contributed by atoms with Crippen molar-refractivity contribution in [3.8, 4) is 23.8 Å². The maximum atomic E-state index is 6.15. The lowest BCUT2D eigenvalue weighted by atomic mass is 10.1. The van der Waals surface area contributed by atoms with Crippen LogP contribution in [0.3, 0.4) is 0 Å². The lowest BCUT2D eigenvalue weighted by Gasteiger charge is -2.17. The Labute approximate surface area is 119 Å². The average Bonchev–Trinajstić information content (AvgIpc) is 2.52. The fraction of sp³-hybridized carbons (Fsp3) is 0.176. The molecule has 0 aliphatic heterocycles. The van der Waals surface area contributed by atoms with Crippen molar-refractivity contribution in [2.45, 2.75) is 6.04 Å². The lowest BCUT2D eigenvalue weighted by molar-refractivity contribution is 0.286. The Bertz CT molecular complexity index is 616. The number of hydrogen-bond donors (Lipinski definition) is 1. The maximum absolute atomic E-state index is 6.15. The van der Waals surface area contributed by atoms with E-state index >= 15 is 0 Å². The van der Waals surface area contributed by atoms with E-state index in [0.717, 1.165) is 16.9 Å². The average molecular weight is 267 g/mol. The van der Waals surface area contributed by atoms with Crippen LogP contribution in [0.4, 0.5) is 0 Å². The number of hydrogen-bond acceptors (Lipinski definition) is 3. The molecule has 0 bridgehead atoms. The van der Waals surface area contributed by atoms with Crippen LogP contribution in [0.1, 0.15) is 17.2 Å². The van der Waals surface area contributed by atoms with E-state index in [1.165, 1.54) is 0 Å². The van der Waals surface area contributed by atoms with Crippen LogP contribution in [0.2, 0.25) is 0 Å². The molecule has 2 N–H and O–H groups in total.